The molecule has 4 heteroatoms. The van der Waals surface area contributed by atoms with Crippen LogP contribution in [-0.4, -0.2) is 32.0 Å². The first-order valence-corrected chi connectivity index (χ1v) is 9.42. The van der Waals surface area contributed by atoms with Crippen LogP contribution in [0.2, 0.25) is 0 Å². The van der Waals surface area contributed by atoms with Crippen molar-refractivity contribution in [3.05, 3.63) is 30.1 Å². The van der Waals surface area contributed by atoms with Crippen LogP contribution in [0.15, 0.2) is 24.3 Å². The largest absolute Gasteiger partial charge is 0.368 e. The first kappa shape index (κ1) is 17.4. The van der Waals surface area contributed by atoms with Gasteiger partial charge in [0.2, 0.25) is 0 Å². The highest BCUT2D eigenvalue weighted by Gasteiger charge is 2.35. The molecule has 0 amide bonds. The molecule has 1 N–H and O–H groups in total. The van der Waals surface area contributed by atoms with Gasteiger partial charge in [0.1, 0.15) is 12.1 Å². The maximum absolute atomic E-state index is 14.1. The lowest BCUT2D eigenvalue weighted by atomic mass is 9.78. The third-order valence-corrected chi connectivity index (χ3v) is 5.71. The Kier molecular flexibility index (Phi) is 5.88. The normalized spacial score (nSPS) is 25.6. The van der Waals surface area contributed by atoms with Crippen molar-refractivity contribution in [3.8, 4) is 0 Å². The molecule has 0 radical (unpaired) electrons. The number of carbonyl (C=O) groups excluding carboxylic acids is 1. The van der Waals surface area contributed by atoms with Crippen LogP contribution in [0.3, 0.4) is 0 Å². The lowest BCUT2D eigenvalue weighted by Crippen LogP contribution is -2.46. The second-order valence-corrected chi connectivity index (χ2v) is 7.50. The number of rotatable bonds is 6. The molecule has 1 aliphatic heterocycles. The zero-order valence-corrected chi connectivity index (χ0v) is 14.5. The van der Waals surface area contributed by atoms with Crippen LogP contribution in [0.25, 0.3) is 0 Å². The van der Waals surface area contributed by atoms with Crippen molar-refractivity contribution in [2.24, 2.45) is 5.41 Å². The van der Waals surface area contributed by atoms with Crippen molar-refractivity contribution < 1.29 is 9.18 Å². The van der Waals surface area contributed by atoms with Crippen LogP contribution in [0.5, 0.6) is 0 Å². The SMILES string of the molecule is O=CC1(CCNC2CCCCC2)CCCN(c2ccccc2F)C1. The van der Waals surface area contributed by atoms with Crippen molar-refractivity contribution >= 4 is 12.0 Å². The number of hydrogen-bond acceptors (Lipinski definition) is 3. The fourth-order valence-electron chi connectivity index (χ4n) is 4.27. The van der Waals surface area contributed by atoms with E-state index in [0.717, 1.165) is 38.6 Å². The Balaban J connectivity index is 1.59. The molecule has 1 atom stereocenters. The van der Waals surface area contributed by atoms with E-state index in [-0.39, 0.29) is 11.2 Å². The van der Waals surface area contributed by atoms with Crippen molar-refractivity contribution in [3.63, 3.8) is 0 Å². The topological polar surface area (TPSA) is 32.3 Å². The molecule has 24 heavy (non-hydrogen) atoms. The molecule has 3 nitrogen and oxygen atoms in total. The Hall–Kier alpha value is -1.42. The Bertz CT molecular complexity index is 544. The van der Waals surface area contributed by atoms with Gasteiger partial charge in [-0.1, -0.05) is 31.4 Å². The van der Waals surface area contributed by atoms with E-state index in [9.17, 15) is 9.18 Å². The van der Waals surface area contributed by atoms with E-state index >= 15 is 0 Å². The summed E-state index contributed by atoms with van der Waals surface area (Å²) in [6, 6.07) is 7.51. The number of para-hydroxylation sites is 1. The predicted molar refractivity (Wildman–Crippen MR) is 95.8 cm³/mol. The second kappa shape index (κ2) is 8.11. The summed E-state index contributed by atoms with van der Waals surface area (Å²) in [5.74, 6) is -0.195. The number of benzene rings is 1. The molecular formula is C20H29FN2O. The fraction of sp³-hybridized carbons (Fsp3) is 0.650. The summed E-state index contributed by atoms with van der Waals surface area (Å²) in [4.78, 5) is 13.9. The molecule has 2 fully saturated rings. The molecule has 1 saturated carbocycles. The molecule has 3 rings (SSSR count). The van der Waals surface area contributed by atoms with Crippen molar-refractivity contribution in [2.45, 2.75) is 57.4 Å². The van der Waals surface area contributed by atoms with Crippen LogP contribution < -0.4 is 10.2 Å². The van der Waals surface area contributed by atoms with E-state index in [1.807, 2.05) is 17.0 Å². The maximum atomic E-state index is 14.1. The minimum absolute atomic E-state index is 0.195. The van der Waals surface area contributed by atoms with E-state index in [4.69, 9.17) is 0 Å². The fourth-order valence-corrected chi connectivity index (χ4v) is 4.27. The van der Waals surface area contributed by atoms with Crippen molar-refractivity contribution in [1.82, 2.24) is 5.32 Å². The average molecular weight is 332 g/mol. The molecule has 0 bridgehead atoms. The summed E-state index contributed by atoms with van der Waals surface area (Å²) in [7, 11) is 0. The highest BCUT2D eigenvalue weighted by molar-refractivity contribution is 5.62. The first-order valence-electron chi connectivity index (χ1n) is 9.42. The monoisotopic (exact) mass is 332 g/mol. The number of hydrogen-bond donors (Lipinski definition) is 1. The zero-order chi connectivity index (χ0) is 16.8. The quantitative estimate of drug-likeness (QED) is 0.801. The molecule has 2 aliphatic rings. The van der Waals surface area contributed by atoms with E-state index < -0.39 is 0 Å². The smallest absolute Gasteiger partial charge is 0.146 e. The van der Waals surface area contributed by atoms with Gasteiger partial charge < -0.3 is 15.0 Å². The number of nitrogens with one attached hydrogen (secondary N) is 1. The van der Waals surface area contributed by atoms with Crippen LogP contribution in [-0.2, 0) is 4.79 Å². The zero-order valence-electron chi connectivity index (χ0n) is 14.5. The molecule has 1 aromatic rings. The lowest BCUT2D eigenvalue weighted by Gasteiger charge is -2.41. The Morgan fingerprint density at radius 1 is 1.21 bits per heavy atom. The predicted octanol–water partition coefficient (Wildman–Crippen LogP) is 3.92. The van der Waals surface area contributed by atoms with Crippen LogP contribution in [0, 0.1) is 11.2 Å². The number of piperidine rings is 1. The number of anilines is 1. The number of aldehydes is 1. The number of carbonyl (C=O) groups is 1. The van der Waals surface area contributed by atoms with Crippen LogP contribution in [0.4, 0.5) is 10.1 Å². The molecule has 0 spiro atoms. The van der Waals surface area contributed by atoms with E-state index in [2.05, 4.69) is 5.32 Å². The molecule has 0 aromatic heterocycles. The van der Waals surface area contributed by atoms with Gasteiger partial charge in [-0.2, -0.15) is 0 Å². The summed E-state index contributed by atoms with van der Waals surface area (Å²) < 4.78 is 14.1. The van der Waals surface area contributed by atoms with E-state index in [1.165, 1.54) is 38.2 Å². The van der Waals surface area contributed by atoms with E-state index in [1.54, 1.807) is 6.07 Å². The maximum Gasteiger partial charge on any atom is 0.146 e. The summed E-state index contributed by atoms with van der Waals surface area (Å²) in [6.07, 6.45) is 10.3. The minimum Gasteiger partial charge on any atom is -0.368 e. The molecule has 1 unspecified atom stereocenters. The average Bonchev–Trinajstić information content (AvgIpc) is 2.63. The van der Waals surface area contributed by atoms with Gasteiger partial charge in [0, 0.05) is 24.5 Å². The highest BCUT2D eigenvalue weighted by atomic mass is 19.1. The summed E-state index contributed by atoms with van der Waals surface area (Å²) >= 11 is 0. The van der Waals surface area contributed by atoms with Gasteiger partial charge in [0.15, 0.2) is 0 Å². The second-order valence-electron chi connectivity index (χ2n) is 7.50. The van der Waals surface area contributed by atoms with Crippen molar-refractivity contribution in [1.29, 1.82) is 0 Å². The minimum atomic E-state index is -0.345. The molecule has 1 aliphatic carbocycles. The Morgan fingerprint density at radius 2 is 2.00 bits per heavy atom. The Morgan fingerprint density at radius 3 is 2.75 bits per heavy atom. The van der Waals surface area contributed by atoms with Gasteiger partial charge in [0.05, 0.1) is 5.69 Å². The van der Waals surface area contributed by atoms with Crippen LogP contribution in [0.1, 0.15) is 51.4 Å². The Labute approximate surface area is 144 Å². The molecule has 1 aromatic carbocycles. The summed E-state index contributed by atoms with van der Waals surface area (Å²) in [5.41, 5.74) is 0.283. The van der Waals surface area contributed by atoms with Gasteiger partial charge in [-0.3, -0.25) is 0 Å². The molecule has 1 heterocycles. The summed E-state index contributed by atoms with van der Waals surface area (Å²) in [5, 5.41) is 3.64. The summed E-state index contributed by atoms with van der Waals surface area (Å²) in [6.45, 7) is 2.34. The van der Waals surface area contributed by atoms with Crippen molar-refractivity contribution in [2.75, 3.05) is 24.5 Å². The third-order valence-electron chi connectivity index (χ3n) is 5.71. The van der Waals surface area contributed by atoms with Gasteiger partial charge in [-0.05, 0) is 50.8 Å². The number of halogens is 1. The molecule has 132 valence electrons. The van der Waals surface area contributed by atoms with Crippen LogP contribution >= 0.6 is 0 Å². The van der Waals surface area contributed by atoms with E-state index in [0.29, 0.717) is 18.3 Å². The van der Waals surface area contributed by atoms with Gasteiger partial charge >= 0.3 is 0 Å². The molecule has 1 saturated heterocycles. The lowest BCUT2D eigenvalue weighted by molar-refractivity contribution is -0.117. The van der Waals surface area contributed by atoms with Gasteiger partial charge in [-0.25, -0.2) is 4.39 Å². The van der Waals surface area contributed by atoms with Gasteiger partial charge in [0.25, 0.3) is 0 Å². The first-order chi connectivity index (χ1) is 11.7. The molecular weight excluding hydrogens is 303 g/mol. The van der Waals surface area contributed by atoms with Gasteiger partial charge in [-0.15, -0.1) is 0 Å². The highest BCUT2D eigenvalue weighted by Crippen LogP contribution is 2.34. The number of nitrogens with zero attached hydrogens (tertiary/aromatic N) is 1. The standard InChI is InChI=1S/C20H29FN2O/c21-18-9-4-5-10-19(18)23-14-6-11-20(15-23,16-24)12-13-22-17-7-2-1-3-8-17/h4-5,9-10,16-17,22H,1-3,6-8,11-15H2. The third kappa shape index (κ3) is 4.15.